The van der Waals surface area contributed by atoms with Crippen molar-refractivity contribution in [1.82, 2.24) is 9.88 Å². The lowest BCUT2D eigenvalue weighted by Crippen LogP contribution is -2.57. The topological polar surface area (TPSA) is 129 Å². The highest BCUT2D eigenvalue weighted by Gasteiger charge is 2.41. The molecule has 1 fully saturated rings. The number of aromatic carboxylic acids is 1. The third-order valence-corrected chi connectivity index (χ3v) is 6.12. The van der Waals surface area contributed by atoms with E-state index in [2.05, 4.69) is 5.32 Å². The zero-order valence-electron chi connectivity index (χ0n) is 17.7. The van der Waals surface area contributed by atoms with Crippen LogP contribution in [0.3, 0.4) is 0 Å². The number of carbonyl (C=O) groups excluding carboxylic acids is 2. The maximum atomic E-state index is 13.5. The van der Waals surface area contributed by atoms with Crippen LogP contribution in [0.2, 0.25) is 0 Å². The summed E-state index contributed by atoms with van der Waals surface area (Å²) in [5.41, 5.74) is -0.793. The number of aromatic nitrogens is 1. The molecule has 168 valence electrons. The van der Waals surface area contributed by atoms with E-state index in [-0.39, 0.29) is 24.2 Å². The average Bonchev–Trinajstić information content (AvgIpc) is 2.76. The van der Waals surface area contributed by atoms with E-state index in [1.54, 1.807) is 18.2 Å². The molecule has 2 aromatic rings. The molecule has 1 aliphatic heterocycles. The molecule has 2 amide bonds. The SMILES string of the molecule is Cc1cccc(N2C(=O)c3c(O)c(=O)c(C(=O)O)cn3CC2C(=O)NC2CCCCC2)c1. The lowest BCUT2D eigenvalue weighted by molar-refractivity contribution is -0.123. The van der Waals surface area contributed by atoms with Crippen LogP contribution in [0, 0.1) is 6.92 Å². The second-order valence-corrected chi connectivity index (χ2v) is 8.40. The first-order chi connectivity index (χ1) is 15.3. The van der Waals surface area contributed by atoms with Gasteiger partial charge in [-0.1, -0.05) is 31.4 Å². The molecule has 1 unspecified atom stereocenters. The third-order valence-electron chi connectivity index (χ3n) is 6.12. The van der Waals surface area contributed by atoms with Gasteiger partial charge in [-0.05, 0) is 37.5 Å². The van der Waals surface area contributed by atoms with Crippen molar-refractivity contribution in [1.29, 1.82) is 0 Å². The zero-order valence-corrected chi connectivity index (χ0v) is 17.7. The van der Waals surface area contributed by atoms with Gasteiger partial charge in [0.15, 0.2) is 11.4 Å². The summed E-state index contributed by atoms with van der Waals surface area (Å²) >= 11 is 0. The fraction of sp³-hybridized carbons (Fsp3) is 0.391. The first-order valence-electron chi connectivity index (χ1n) is 10.7. The number of anilines is 1. The van der Waals surface area contributed by atoms with Gasteiger partial charge in [0, 0.05) is 17.9 Å². The van der Waals surface area contributed by atoms with Gasteiger partial charge in [0.2, 0.25) is 11.3 Å². The fourth-order valence-corrected chi connectivity index (χ4v) is 4.51. The molecule has 4 rings (SSSR count). The number of carbonyl (C=O) groups is 3. The van der Waals surface area contributed by atoms with Crippen LogP contribution in [0.25, 0.3) is 0 Å². The summed E-state index contributed by atoms with van der Waals surface area (Å²) in [5, 5.41) is 22.7. The minimum Gasteiger partial charge on any atom is -0.503 e. The van der Waals surface area contributed by atoms with Crippen LogP contribution in [0.5, 0.6) is 5.75 Å². The van der Waals surface area contributed by atoms with Crippen molar-refractivity contribution < 1.29 is 24.6 Å². The predicted octanol–water partition coefficient (Wildman–Crippen LogP) is 2.04. The van der Waals surface area contributed by atoms with E-state index in [0.29, 0.717) is 5.69 Å². The minimum absolute atomic E-state index is 0.0177. The Morgan fingerprint density at radius 1 is 1.12 bits per heavy atom. The summed E-state index contributed by atoms with van der Waals surface area (Å²) in [7, 11) is 0. The van der Waals surface area contributed by atoms with Gasteiger partial charge in [0.05, 0.1) is 6.54 Å². The van der Waals surface area contributed by atoms with Crippen molar-refractivity contribution >= 4 is 23.5 Å². The molecule has 1 saturated carbocycles. The molecule has 9 nitrogen and oxygen atoms in total. The number of hydrogen-bond donors (Lipinski definition) is 3. The standard InChI is InChI=1S/C23H25N3O6/c1-13-6-5-9-15(10-13)26-17(21(29)24-14-7-3-2-4-8-14)12-25-11-16(23(31)32)19(27)20(28)18(25)22(26)30/h5-6,9-11,14,17,28H,2-4,7-8,12H2,1H3,(H,24,29)(H,31,32). The van der Waals surface area contributed by atoms with Gasteiger partial charge in [-0.3, -0.25) is 19.3 Å². The highest BCUT2D eigenvalue weighted by atomic mass is 16.4. The van der Waals surface area contributed by atoms with Gasteiger partial charge in [0.25, 0.3) is 5.91 Å². The third kappa shape index (κ3) is 3.86. The molecular formula is C23H25N3O6. The van der Waals surface area contributed by atoms with E-state index >= 15 is 0 Å². The molecule has 1 aromatic carbocycles. The normalized spacial score (nSPS) is 18.8. The van der Waals surface area contributed by atoms with Crippen molar-refractivity contribution in [2.45, 2.75) is 57.7 Å². The van der Waals surface area contributed by atoms with Gasteiger partial charge in [0.1, 0.15) is 11.6 Å². The molecule has 1 aliphatic carbocycles. The lowest BCUT2D eigenvalue weighted by atomic mass is 9.95. The van der Waals surface area contributed by atoms with Crippen LogP contribution in [0.1, 0.15) is 58.5 Å². The zero-order chi connectivity index (χ0) is 23.0. The van der Waals surface area contributed by atoms with E-state index in [0.717, 1.165) is 43.9 Å². The fourth-order valence-electron chi connectivity index (χ4n) is 4.51. The number of aryl methyl sites for hydroxylation is 1. The number of pyridine rings is 1. The number of nitrogens with one attached hydrogen (secondary N) is 1. The van der Waals surface area contributed by atoms with E-state index < -0.39 is 34.7 Å². The number of benzene rings is 1. The summed E-state index contributed by atoms with van der Waals surface area (Å²) < 4.78 is 1.19. The maximum Gasteiger partial charge on any atom is 0.341 e. The van der Waals surface area contributed by atoms with Crippen molar-refractivity contribution in [2.75, 3.05) is 4.90 Å². The first-order valence-corrected chi connectivity index (χ1v) is 10.7. The van der Waals surface area contributed by atoms with Gasteiger partial charge < -0.3 is 20.1 Å². The maximum absolute atomic E-state index is 13.5. The summed E-state index contributed by atoms with van der Waals surface area (Å²) in [5.74, 6) is -3.54. The number of fused-ring (bicyclic) bond motifs is 1. The first kappa shape index (κ1) is 21.6. The molecular weight excluding hydrogens is 414 g/mol. The largest absolute Gasteiger partial charge is 0.503 e. The number of nitrogens with zero attached hydrogens (tertiary/aromatic N) is 2. The van der Waals surface area contributed by atoms with Crippen molar-refractivity contribution in [3.63, 3.8) is 0 Å². The Morgan fingerprint density at radius 3 is 2.50 bits per heavy atom. The highest BCUT2D eigenvalue weighted by Crippen LogP contribution is 2.30. The summed E-state index contributed by atoms with van der Waals surface area (Å²) in [6.45, 7) is 1.76. The van der Waals surface area contributed by atoms with Crippen molar-refractivity contribution in [3.8, 4) is 5.75 Å². The smallest absolute Gasteiger partial charge is 0.341 e. The molecule has 0 radical (unpaired) electrons. The average molecular weight is 439 g/mol. The predicted molar refractivity (Wildman–Crippen MR) is 116 cm³/mol. The summed E-state index contributed by atoms with van der Waals surface area (Å²) in [6, 6.07) is 6.08. The van der Waals surface area contributed by atoms with Crippen LogP contribution in [-0.4, -0.2) is 44.6 Å². The highest BCUT2D eigenvalue weighted by molar-refractivity contribution is 6.11. The Balaban J connectivity index is 1.80. The quantitative estimate of drug-likeness (QED) is 0.669. The van der Waals surface area contributed by atoms with Crippen LogP contribution < -0.4 is 15.6 Å². The van der Waals surface area contributed by atoms with E-state index in [4.69, 9.17) is 0 Å². The van der Waals surface area contributed by atoms with E-state index in [1.165, 1.54) is 9.47 Å². The minimum atomic E-state index is -1.52. The molecule has 32 heavy (non-hydrogen) atoms. The van der Waals surface area contributed by atoms with Gasteiger partial charge in [-0.25, -0.2) is 4.79 Å². The number of rotatable bonds is 4. The van der Waals surface area contributed by atoms with Crippen LogP contribution >= 0.6 is 0 Å². The summed E-state index contributed by atoms with van der Waals surface area (Å²) in [4.78, 5) is 51.8. The Hall–Kier alpha value is -3.62. The number of aromatic hydroxyl groups is 1. The van der Waals surface area contributed by atoms with Crippen molar-refractivity contribution in [2.24, 2.45) is 0 Å². The number of carboxylic acids is 1. The second-order valence-electron chi connectivity index (χ2n) is 8.40. The van der Waals surface area contributed by atoms with E-state index in [9.17, 15) is 29.4 Å². The van der Waals surface area contributed by atoms with Gasteiger partial charge in [-0.15, -0.1) is 0 Å². The molecule has 2 aliphatic rings. The van der Waals surface area contributed by atoms with Crippen LogP contribution in [0.4, 0.5) is 5.69 Å². The monoisotopic (exact) mass is 439 g/mol. The molecule has 1 aromatic heterocycles. The Bertz CT molecular complexity index is 1150. The molecule has 0 bridgehead atoms. The van der Waals surface area contributed by atoms with E-state index in [1.807, 2.05) is 13.0 Å². The van der Waals surface area contributed by atoms with Crippen molar-refractivity contribution in [3.05, 3.63) is 57.5 Å². The number of hydrogen-bond acceptors (Lipinski definition) is 5. The molecule has 9 heteroatoms. The molecule has 3 N–H and O–H groups in total. The Kier molecular flexibility index (Phi) is 5.73. The lowest BCUT2D eigenvalue weighted by Gasteiger charge is -2.38. The molecule has 0 spiro atoms. The second kappa shape index (κ2) is 8.49. The molecule has 0 saturated heterocycles. The Labute approximate surface area is 184 Å². The molecule has 2 heterocycles. The molecule has 1 atom stereocenters. The number of amides is 2. The Morgan fingerprint density at radius 2 is 1.84 bits per heavy atom. The van der Waals surface area contributed by atoms with Gasteiger partial charge in [-0.2, -0.15) is 0 Å². The summed E-state index contributed by atoms with van der Waals surface area (Å²) in [6.07, 6.45) is 5.92. The van der Waals surface area contributed by atoms with Crippen LogP contribution in [-0.2, 0) is 11.3 Å². The van der Waals surface area contributed by atoms with Crippen LogP contribution in [0.15, 0.2) is 35.3 Å². The van der Waals surface area contributed by atoms with Gasteiger partial charge >= 0.3 is 5.97 Å². The number of carboxylic acid groups (broad SMARTS) is 1.